The Morgan fingerprint density at radius 3 is 2.10 bits per heavy atom. The zero-order chi connectivity index (χ0) is 21.9. The molecule has 0 saturated carbocycles. The number of hydrogen-bond donors (Lipinski definition) is 2. The molecule has 1 aromatic carbocycles. The van der Waals surface area contributed by atoms with E-state index in [0.29, 0.717) is 6.61 Å². The molecule has 170 valence electrons. The number of benzene rings is 1. The summed E-state index contributed by atoms with van der Waals surface area (Å²) in [6.07, 6.45) is 12.7. The third kappa shape index (κ3) is 14.7. The number of rotatable bonds is 17. The molecule has 1 aromatic rings. The first kappa shape index (κ1) is 25.8. The van der Waals surface area contributed by atoms with Crippen LogP contribution in [-0.2, 0) is 15.9 Å². The predicted molar refractivity (Wildman–Crippen MR) is 120 cm³/mol. The number of hydrogen-bond acceptors (Lipinski definition) is 4. The lowest BCUT2D eigenvalue weighted by Crippen LogP contribution is -2.14. The van der Waals surface area contributed by atoms with Crippen molar-refractivity contribution in [3.05, 3.63) is 29.8 Å². The van der Waals surface area contributed by atoms with Crippen molar-refractivity contribution in [2.45, 2.75) is 90.4 Å². The van der Waals surface area contributed by atoms with E-state index in [9.17, 15) is 9.59 Å². The van der Waals surface area contributed by atoms with Gasteiger partial charge in [-0.25, -0.2) is 9.59 Å². The van der Waals surface area contributed by atoms with Crippen LogP contribution in [0.2, 0.25) is 0 Å². The number of unbranched alkanes of at least 4 members (excludes halogenated alkanes) is 10. The van der Waals surface area contributed by atoms with Gasteiger partial charge in [0, 0.05) is 5.69 Å². The van der Waals surface area contributed by atoms with Gasteiger partial charge in [-0.15, -0.1) is 0 Å². The Balaban J connectivity index is 2.10. The summed E-state index contributed by atoms with van der Waals surface area (Å²) in [7, 11) is 0. The average molecular weight is 422 g/mol. The second-order valence-electron chi connectivity index (χ2n) is 7.71. The van der Waals surface area contributed by atoms with Crippen molar-refractivity contribution in [1.82, 2.24) is 0 Å². The molecule has 2 N–H and O–H groups in total. The van der Waals surface area contributed by atoms with E-state index in [0.717, 1.165) is 63.5 Å². The SMILES string of the molecule is CCCCCCCCOC(=O)Nc1cccc(CCCCCCCCOC(=O)O)c1. The minimum absolute atomic E-state index is 0.288. The first-order chi connectivity index (χ1) is 14.6. The van der Waals surface area contributed by atoms with Crippen molar-refractivity contribution in [3.63, 3.8) is 0 Å². The van der Waals surface area contributed by atoms with E-state index in [1.807, 2.05) is 18.2 Å². The molecule has 6 heteroatoms. The Labute approximate surface area is 181 Å². The fourth-order valence-corrected chi connectivity index (χ4v) is 3.30. The lowest BCUT2D eigenvalue weighted by atomic mass is 10.0. The van der Waals surface area contributed by atoms with Crippen LogP contribution in [-0.4, -0.2) is 30.6 Å². The second-order valence-corrected chi connectivity index (χ2v) is 7.71. The first-order valence-corrected chi connectivity index (χ1v) is 11.5. The predicted octanol–water partition coefficient (Wildman–Crippen LogP) is 7.17. The highest BCUT2D eigenvalue weighted by Gasteiger charge is 2.04. The van der Waals surface area contributed by atoms with Crippen LogP contribution in [0.1, 0.15) is 89.5 Å². The van der Waals surface area contributed by atoms with Crippen molar-refractivity contribution in [1.29, 1.82) is 0 Å². The summed E-state index contributed by atoms with van der Waals surface area (Å²) in [4.78, 5) is 22.2. The molecular formula is C24H39NO5. The van der Waals surface area contributed by atoms with Crippen LogP contribution in [0, 0.1) is 0 Å². The number of amides is 1. The summed E-state index contributed by atoms with van der Waals surface area (Å²) in [5.74, 6) is 0. The number of carbonyl (C=O) groups is 2. The molecule has 0 spiro atoms. The summed E-state index contributed by atoms with van der Waals surface area (Å²) < 4.78 is 9.76. The average Bonchev–Trinajstić information content (AvgIpc) is 2.72. The Morgan fingerprint density at radius 1 is 0.833 bits per heavy atom. The van der Waals surface area contributed by atoms with Gasteiger partial charge >= 0.3 is 12.2 Å². The maximum absolute atomic E-state index is 11.9. The molecule has 0 heterocycles. The van der Waals surface area contributed by atoms with E-state index >= 15 is 0 Å². The van der Waals surface area contributed by atoms with E-state index in [1.54, 1.807) is 0 Å². The van der Waals surface area contributed by atoms with Crippen molar-refractivity contribution < 1.29 is 24.2 Å². The van der Waals surface area contributed by atoms with Gasteiger partial charge in [0.2, 0.25) is 0 Å². The fourth-order valence-electron chi connectivity index (χ4n) is 3.30. The van der Waals surface area contributed by atoms with Gasteiger partial charge in [-0.2, -0.15) is 0 Å². The van der Waals surface area contributed by atoms with E-state index in [-0.39, 0.29) is 12.7 Å². The standard InChI is InChI=1S/C24H39NO5/c1-2-3-4-5-9-12-18-29-23(26)25-22-17-14-16-21(20-22)15-11-8-6-7-10-13-19-30-24(27)28/h14,16-17,20H,2-13,15,18-19H2,1H3,(H,25,26)(H,27,28). The fraction of sp³-hybridized carbons (Fsp3) is 0.667. The molecular weight excluding hydrogens is 382 g/mol. The lowest BCUT2D eigenvalue weighted by Gasteiger charge is -2.09. The molecule has 0 aliphatic rings. The minimum Gasteiger partial charge on any atom is -0.450 e. The van der Waals surface area contributed by atoms with Crippen LogP contribution < -0.4 is 5.32 Å². The van der Waals surface area contributed by atoms with Gasteiger partial charge in [0.15, 0.2) is 0 Å². The topological polar surface area (TPSA) is 84.9 Å². The number of ether oxygens (including phenoxy) is 2. The largest absolute Gasteiger partial charge is 0.505 e. The number of aryl methyl sites for hydroxylation is 1. The lowest BCUT2D eigenvalue weighted by molar-refractivity contribution is 0.0899. The number of nitrogens with one attached hydrogen (secondary N) is 1. The van der Waals surface area contributed by atoms with Gasteiger partial charge in [-0.3, -0.25) is 5.32 Å². The number of anilines is 1. The summed E-state index contributed by atoms with van der Waals surface area (Å²) in [6, 6.07) is 7.93. The molecule has 0 fully saturated rings. The molecule has 1 rings (SSSR count). The first-order valence-electron chi connectivity index (χ1n) is 11.5. The highest BCUT2D eigenvalue weighted by Crippen LogP contribution is 2.15. The summed E-state index contributed by atoms with van der Waals surface area (Å²) in [5, 5.41) is 11.2. The third-order valence-electron chi connectivity index (χ3n) is 4.99. The molecule has 6 nitrogen and oxygen atoms in total. The van der Waals surface area contributed by atoms with Gasteiger partial charge in [-0.05, 0) is 43.4 Å². The van der Waals surface area contributed by atoms with E-state index in [1.165, 1.54) is 31.2 Å². The smallest absolute Gasteiger partial charge is 0.450 e. The van der Waals surface area contributed by atoms with Gasteiger partial charge < -0.3 is 14.6 Å². The third-order valence-corrected chi connectivity index (χ3v) is 4.99. The van der Waals surface area contributed by atoms with Crippen LogP contribution in [0.5, 0.6) is 0 Å². The van der Waals surface area contributed by atoms with Crippen LogP contribution in [0.15, 0.2) is 24.3 Å². The maximum atomic E-state index is 11.9. The molecule has 1 amide bonds. The van der Waals surface area contributed by atoms with Crippen LogP contribution in [0.4, 0.5) is 15.3 Å². The van der Waals surface area contributed by atoms with Gasteiger partial charge in [0.1, 0.15) is 0 Å². The Hall–Kier alpha value is -2.24. The van der Waals surface area contributed by atoms with E-state index in [2.05, 4.69) is 23.0 Å². The van der Waals surface area contributed by atoms with Crippen LogP contribution in [0.3, 0.4) is 0 Å². The monoisotopic (exact) mass is 421 g/mol. The molecule has 0 radical (unpaired) electrons. The highest BCUT2D eigenvalue weighted by atomic mass is 16.7. The van der Waals surface area contributed by atoms with E-state index < -0.39 is 6.16 Å². The second kappa shape index (κ2) is 17.6. The molecule has 0 aromatic heterocycles. The molecule has 0 atom stereocenters. The number of carbonyl (C=O) groups excluding carboxylic acids is 1. The summed E-state index contributed by atoms with van der Waals surface area (Å²) in [6.45, 7) is 2.96. The van der Waals surface area contributed by atoms with Gasteiger partial charge in [0.05, 0.1) is 13.2 Å². The van der Waals surface area contributed by atoms with E-state index in [4.69, 9.17) is 9.84 Å². The van der Waals surface area contributed by atoms with Gasteiger partial charge in [-0.1, -0.05) is 76.8 Å². The summed E-state index contributed by atoms with van der Waals surface area (Å²) >= 11 is 0. The zero-order valence-electron chi connectivity index (χ0n) is 18.5. The van der Waals surface area contributed by atoms with Crippen molar-refractivity contribution in [2.24, 2.45) is 0 Å². The minimum atomic E-state index is -1.20. The van der Waals surface area contributed by atoms with Crippen molar-refractivity contribution in [3.8, 4) is 0 Å². The summed E-state index contributed by atoms with van der Waals surface area (Å²) in [5.41, 5.74) is 1.98. The van der Waals surface area contributed by atoms with Gasteiger partial charge in [0.25, 0.3) is 0 Å². The molecule has 30 heavy (non-hydrogen) atoms. The zero-order valence-corrected chi connectivity index (χ0v) is 18.5. The van der Waals surface area contributed by atoms with Crippen molar-refractivity contribution in [2.75, 3.05) is 18.5 Å². The van der Waals surface area contributed by atoms with Crippen molar-refractivity contribution >= 4 is 17.9 Å². The molecule has 0 unspecified atom stereocenters. The molecule has 0 saturated heterocycles. The molecule has 0 aliphatic heterocycles. The molecule has 0 bridgehead atoms. The maximum Gasteiger partial charge on any atom is 0.505 e. The van der Waals surface area contributed by atoms with Crippen LogP contribution in [0.25, 0.3) is 0 Å². The Kier molecular flexibility index (Phi) is 15.1. The molecule has 0 aliphatic carbocycles. The van der Waals surface area contributed by atoms with Crippen LogP contribution >= 0.6 is 0 Å². The Bertz CT molecular complexity index is 591. The Morgan fingerprint density at radius 2 is 1.43 bits per heavy atom. The number of carboxylic acid groups (broad SMARTS) is 1. The normalized spacial score (nSPS) is 10.6. The quantitative estimate of drug-likeness (QED) is 0.206. The highest BCUT2D eigenvalue weighted by molar-refractivity contribution is 5.84.